The van der Waals surface area contributed by atoms with E-state index in [-0.39, 0.29) is 0 Å². The third kappa shape index (κ3) is 4.93. The lowest BCUT2D eigenvalue weighted by molar-refractivity contribution is 0.0928. The highest BCUT2D eigenvalue weighted by Gasteiger charge is 2.35. The van der Waals surface area contributed by atoms with E-state index < -0.39 is 0 Å². The number of nitrogens with zero attached hydrogens (tertiary/aromatic N) is 5. The average Bonchev–Trinajstić information content (AvgIpc) is 3.46. The molecule has 1 saturated heterocycles. The normalized spacial score (nSPS) is 27.2. The first-order chi connectivity index (χ1) is 15.0. The van der Waals surface area contributed by atoms with Gasteiger partial charge in [0.05, 0.1) is 19.1 Å². The van der Waals surface area contributed by atoms with Crippen LogP contribution in [0.5, 0.6) is 0 Å². The minimum Gasteiger partial charge on any atom is -0.419 e. The standard InChI is InChI=1S/C24H37N5O2/c1-16(2)21-10-18(11-23-26-27-24(31-23)22-12-25-15-28(22)4)17(3)9-19(21)13-29-8-6-7-20(29)14-30-5/h9,12,15-16,18-21H,6-8,10-11,13-14H2,1-5H3/t18-,19-,20+,21-/m0/s1. The van der Waals surface area contributed by atoms with Crippen molar-refractivity contribution in [1.82, 2.24) is 24.6 Å². The van der Waals surface area contributed by atoms with Gasteiger partial charge in [0.25, 0.3) is 5.89 Å². The van der Waals surface area contributed by atoms with Crippen molar-refractivity contribution in [3.8, 4) is 11.6 Å². The summed E-state index contributed by atoms with van der Waals surface area (Å²) in [7, 11) is 3.76. The Bertz CT molecular complexity index is 886. The average molecular weight is 428 g/mol. The lowest BCUT2D eigenvalue weighted by atomic mass is 9.69. The number of rotatable bonds is 8. The first-order valence-corrected chi connectivity index (χ1v) is 11.7. The van der Waals surface area contributed by atoms with Gasteiger partial charge in [-0.05, 0) is 56.4 Å². The second-order valence-corrected chi connectivity index (χ2v) is 9.76. The molecular formula is C24H37N5O2. The molecule has 7 heteroatoms. The van der Waals surface area contributed by atoms with Crippen molar-refractivity contribution in [2.75, 3.05) is 26.8 Å². The van der Waals surface area contributed by atoms with Crippen LogP contribution in [0.25, 0.3) is 11.6 Å². The number of likely N-dealkylation sites (tertiary alicyclic amines) is 1. The summed E-state index contributed by atoms with van der Waals surface area (Å²) in [6.07, 6.45) is 10.6. The van der Waals surface area contributed by atoms with Gasteiger partial charge < -0.3 is 13.7 Å². The largest absolute Gasteiger partial charge is 0.419 e. The maximum Gasteiger partial charge on any atom is 0.265 e. The molecule has 2 aromatic heterocycles. The molecule has 1 aliphatic carbocycles. The monoisotopic (exact) mass is 427 g/mol. The molecule has 31 heavy (non-hydrogen) atoms. The van der Waals surface area contributed by atoms with E-state index in [0.29, 0.717) is 35.6 Å². The quantitative estimate of drug-likeness (QED) is 0.594. The van der Waals surface area contributed by atoms with Crippen molar-refractivity contribution in [3.63, 3.8) is 0 Å². The van der Waals surface area contributed by atoms with E-state index in [9.17, 15) is 0 Å². The van der Waals surface area contributed by atoms with Crippen LogP contribution in [-0.4, -0.2) is 57.5 Å². The van der Waals surface area contributed by atoms with Crippen LogP contribution in [0.4, 0.5) is 0 Å². The van der Waals surface area contributed by atoms with Crippen LogP contribution >= 0.6 is 0 Å². The summed E-state index contributed by atoms with van der Waals surface area (Å²) in [6, 6.07) is 0.577. The van der Waals surface area contributed by atoms with Crippen molar-refractivity contribution < 1.29 is 9.15 Å². The first-order valence-electron chi connectivity index (χ1n) is 11.7. The predicted molar refractivity (Wildman–Crippen MR) is 120 cm³/mol. The summed E-state index contributed by atoms with van der Waals surface area (Å²) in [5.74, 6) is 3.63. The molecule has 0 saturated carbocycles. The second-order valence-electron chi connectivity index (χ2n) is 9.76. The van der Waals surface area contributed by atoms with Gasteiger partial charge in [-0.15, -0.1) is 10.2 Å². The fourth-order valence-corrected chi connectivity index (χ4v) is 5.49. The van der Waals surface area contributed by atoms with Gasteiger partial charge in [0, 0.05) is 33.2 Å². The number of aromatic nitrogens is 4. The van der Waals surface area contributed by atoms with Crippen molar-refractivity contribution in [3.05, 3.63) is 30.1 Å². The van der Waals surface area contributed by atoms with E-state index in [2.05, 4.69) is 46.9 Å². The molecule has 0 N–H and O–H groups in total. The summed E-state index contributed by atoms with van der Waals surface area (Å²) in [5.41, 5.74) is 2.32. The first kappa shape index (κ1) is 22.2. The number of methoxy groups -OCH3 is 1. The smallest absolute Gasteiger partial charge is 0.265 e. The summed E-state index contributed by atoms with van der Waals surface area (Å²) < 4.78 is 13.4. The van der Waals surface area contributed by atoms with E-state index in [1.54, 1.807) is 12.5 Å². The molecule has 2 aliphatic rings. The number of ether oxygens (including phenoxy) is 1. The van der Waals surface area contributed by atoms with Crippen molar-refractivity contribution in [2.45, 2.75) is 52.5 Å². The van der Waals surface area contributed by atoms with Gasteiger partial charge in [-0.3, -0.25) is 4.90 Å². The number of imidazole rings is 1. The summed E-state index contributed by atoms with van der Waals surface area (Å²) in [6.45, 7) is 10.2. The molecule has 3 heterocycles. The van der Waals surface area contributed by atoms with Gasteiger partial charge in [0.1, 0.15) is 5.69 Å². The Kier molecular flexibility index (Phi) is 6.92. The number of aryl methyl sites for hydroxylation is 1. The minimum absolute atomic E-state index is 0.455. The molecule has 1 aliphatic heterocycles. The van der Waals surface area contributed by atoms with E-state index in [0.717, 1.165) is 31.2 Å². The molecule has 0 radical (unpaired) electrons. The Hall–Kier alpha value is -1.99. The number of hydrogen-bond donors (Lipinski definition) is 0. The van der Waals surface area contributed by atoms with E-state index in [1.165, 1.54) is 31.4 Å². The zero-order valence-electron chi connectivity index (χ0n) is 19.6. The zero-order valence-corrected chi connectivity index (χ0v) is 19.6. The van der Waals surface area contributed by atoms with Gasteiger partial charge in [0.2, 0.25) is 5.89 Å². The molecule has 2 aromatic rings. The topological polar surface area (TPSA) is 69.2 Å². The van der Waals surface area contributed by atoms with Gasteiger partial charge >= 0.3 is 0 Å². The van der Waals surface area contributed by atoms with Gasteiger partial charge in [-0.1, -0.05) is 25.5 Å². The van der Waals surface area contributed by atoms with Crippen molar-refractivity contribution >= 4 is 0 Å². The molecule has 7 nitrogen and oxygen atoms in total. The molecule has 0 unspecified atom stereocenters. The minimum atomic E-state index is 0.455. The van der Waals surface area contributed by atoms with Crippen LogP contribution in [0.3, 0.4) is 0 Å². The van der Waals surface area contributed by atoms with Crippen LogP contribution < -0.4 is 0 Å². The van der Waals surface area contributed by atoms with Crippen molar-refractivity contribution in [2.24, 2.45) is 30.7 Å². The highest BCUT2D eigenvalue weighted by molar-refractivity contribution is 5.44. The van der Waals surface area contributed by atoms with Crippen molar-refractivity contribution in [1.29, 1.82) is 0 Å². The maximum atomic E-state index is 6.00. The molecule has 0 aromatic carbocycles. The summed E-state index contributed by atoms with van der Waals surface area (Å²) in [5, 5.41) is 8.60. The Morgan fingerprint density at radius 1 is 1.29 bits per heavy atom. The fourth-order valence-electron chi connectivity index (χ4n) is 5.49. The number of allylic oxidation sites excluding steroid dienone is 1. The Morgan fingerprint density at radius 2 is 2.13 bits per heavy atom. The van der Waals surface area contributed by atoms with Crippen LogP contribution in [0.2, 0.25) is 0 Å². The Balaban J connectivity index is 1.46. The summed E-state index contributed by atoms with van der Waals surface area (Å²) >= 11 is 0. The molecule has 0 spiro atoms. The molecule has 170 valence electrons. The van der Waals surface area contributed by atoms with Crippen LogP contribution in [0, 0.1) is 23.7 Å². The third-order valence-corrected chi connectivity index (χ3v) is 7.31. The third-order valence-electron chi connectivity index (χ3n) is 7.31. The predicted octanol–water partition coefficient (Wildman–Crippen LogP) is 3.98. The SMILES string of the molecule is COC[C@H]1CCCN1C[C@@H]1C=C(C)[C@H](Cc2nnc(-c3cncn3C)o2)C[C@H]1C(C)C. The van der Waals surface area contributed by atoms with E-state index in [1.807, 2.05) is 18.7 Å². The fraction of sp³-hybridized carbons (Fsp3) is 0.708. The van der Waals surface area contributed by atoms with E-state index in [4.69, 9.17) is 9.15 Å². The molecular weight excluding hydrogens is 390 g/mol. The second kappa shape index (κ2) is 9.65. The Morgan fingerprint density at radius 3 is 2.84 bits per heavy atom. The summed E-state index contributed by atoms with van der Waals surface area (Å²) in [4.78, 5) is 6.80. The van der Waals surface area contributed by atoms with Crippen LogP contribution in [0.15, 0.2) is 28.6 Å². The molecule has 1 fully saturated rings. The number of hydrogen-bond acceptors (Lipinski definition) is 6. The molecule has 4 rings (SSSR count). The van der Waals surface area contributed by atoms with E-state index >= 15 is 0 Å². The molecule has 0 bridgehead atoms. The molecule has 4 atom stereocenters. The molecule has 0 amide bonds. The Labute approximate surface area is 185 Å². The van der Waals surface area contributed by atoms with Gasteiger partial charge in [-0.25, -0.2) is 4.98 Å². The van der Waals surface area contributed by atoms with Gasteiger partial charge in [0.15, 0.2) is 0 Å². The van der Waals surface area contributed by atoms with Crippen LogP contribution in [-0.2, 0) is 18.2 Å². The zero-order chi connectivity index (χ0) is 22.0. The lowest BCUT2D eigenvalue weighted by Gasteiger charge is -2.39. The van der Waals surface area contributed by atoms with Crippen LogP contribution in [0.1, 0.15) is 45.9 Å². The lowest BCUT2D eigenvalue weighted by Crippen LogP contribution is -2.41. The van der Waals surface area contributed by atoms with Gasteiger partial charge in [-0.2, -0.15) is 0 Å². The highest BCUT2D eigenvalue weighted by atomic mass is 16.5. The highest BCUT2D eigenvalue weighted by Crippen LogP contribution is 2.40. The maximum absolute atomic E-state index is 6.00.